The molecule has 0 N–H and O–H groups in total. The minimum atomic E-state index is -0.891. The molecule has 0 spiro atoms. The van der Waals surface area contributed by atoms with Gasteiger partial charge in [0.1, 0.15) is 6.16 Å². The highest BCUT2D eigenvalue weighted by Crippen LogP contribution is 2.57. The third-order valence-electron chi connectivity index (χ3n) is 2.47. The Morgan fingerprint density at radius 1 is 1.18 bits per heavy atom. The summed E-state index contributed by atoms with van der Waals surface area (Å²) in [6, 6.07) is 0. The van der Waals surface area contributed by atoms with Gasteiger partial charge in [-0.25, -0.2) is 0 Å². The summed E-state index contributed by atoms with van der Waals surface area (Å²) in [7, 11) is -0.891. The standard InChI is InChI=1S/C8H17BrOP/c1-4-11(5-2,6-3)7-8(9)10/h4-7H2,1-3H3/q+1. The summed E-state index contributed by atoms with van der Waals surface area (Å²) >= 11 is 3.02. The maximum absolute atomic E-state index is 10.9. The second-order valence-electron chi connectivity index (χ2n) is 2.80. The molecule has 0 aromatic carbocycles. The Morgan fingerprint density at radius 2 is 1.55 bits per heavy atom. The first-order valence-corrected chi connectivity index (χ1v) is 7.46. The molecule has 0 aromatic heterocycles. The van der Waals surface area contributed by atoms with Crippen molar-refractivity contribution in [2.24, 2.45) is 0 Å². The van der Waals surface area contributed by atoms with Crippen LogP contribution < -0.4 is 0 Å². The molecule has 0 rings (SSSR count). The number of carbonyl (C=O) groups is 1. The van der Waals surface area contributed by atoms with Crippen LogP contribution in [-0.2, 0) is 4.79 Å². The molecule has 0 heterocycles. The lowest BCUT2D eigenvalue weighted by molar-refractivity contribution is -0.108. The molecule has 0 bridgehead atoms. The van der Waals surface area contributed by atoms with Crippen LogP contribution in [0.15, 0.2) is 0 Å². The molecule has 1 nitrogen and oxygen atoms in total. The first kappa shape index (κ1) is 11.6. The second kappa shape index (κ2) is 5.27. The average Bonchev–Trinajstić information content (AvgIpc) is 2.00. The van der Waals surface area contributed by atoms with Crippen LogP contribution in [0.2, 0.25) is 0 Å². The van der Waals surface area contributed by atoms with E-state index in [0.29, 0.717) is 0 Å². The van der Waals surface area contributed by atoms with E-state index in [1.54, 1.807) is 0 Å². The predicted molar refractivity (Wildman–Crippen MR) is 57.3 cm³/mol. The van der Waals surface area contributed by atoms with Gasteiger partial charge in [0.05, 0.1) is 18.5 Å². The monoisotopic (exact) mass is 239 g/mol. The summed E-state index contributed by atoms with van der Waals surface area (Å²) in [6.07, 6.45) is 4.41. The molecule has 0 fully saturated rings. The molecule has 0 radical (unpaired) electrons. The lowest BCUT2D eigenvalue weighted by atomic mass is 10.9. The first-order chi connectivity index (χ1) is 5.10. The van der Waals surface area contributed by atoms with Crippen LogP contribution in [0, 0.1) is 0 Å². The fourth-order valence-corrected chi connectivity index (χ4v) is 5.41. The Kier molecular flexibility index (Phi) is 5.54. The molecule has 0 unspecified atom stereocenters. The Balaban J connectivity index is 4.16. The average molecular weight is 240 g/mol. The second-order valence-corrected chi connectivity index (χ2v) is 8.58. The van der Waals surface area contributed by atoms with Crippen molar-refractivity contribution in [2.75, 3.05) is 24.6 Å². The molecule has 11 heavy (non-hydrogen) atoms. The smallest absolute Gasteiger partial charge is 0.234 e. The number of rotatable bonds is 5. The van der Waals surface area contributed by atoms with Crippen LogP contribution in [0.25, 0.3) is 0 Å². The molecular weight excluding hydrogens is 223 g/mol. The van der Waals surface area contributed by atoms with Gasteiger partial charge in [-0.15, -0.1) is 0 Å². The molecule has 0 amide bonds. The molecule has 0 aliphatic heterocycles. The van der Waals surface area contributed by atoms with Crippen molar-refractivity contribution in [1.82, 2.24) is 0 Å². The zero-order valence-corrected chi connectivity index (χ0v) is 10.0. The van der Waals surface area contributed by atoms with Gasteiger partial charge >= 0.3 is 0 Å². The van der Waals surface area contributed by atoms with Gasteiger partial charge in [0.25, 0.3) is 0 Å². The fraction of sp³-hybridized carbons (Fsp3) is 0.875. The van der Waals surface area contributed by atoms with E-state index in [-0.39, 0.29) is 4.69 Å². The summed E-state index contributed by atoms with van der Waals surface area (Å²) in [5, 5.41) is 0. The fourth-order valence-electron chi connectivity index (χ4n) is 1.27. The molecule has 0 aliphatic carbocycles. The van der Waals surface area contributed by atoms with Crippen LogP contribution in [0.4, 0.5) is 0 Å². The quantitative estimate of drug-likeness (QED) is 0.533. The highest BCUT2D eigenvalue weighted by atomic mass is 79.9. The van der Waals surface area contributed by atoms with Crippen molar-refractivity contribution < 1.29 is 4.79 Å². The number of hydrogen-bond donors (Lipinski definition) is 0. The normalized spacial score (nSPS) is 11.6. The van der Waals surface area contributed by atoms with Crippen molar-refractivity contribution >= 4 is 27.9 Å². The third kappa shape index (κ3) is 3.66. The topological polar surface area (TPSA) is 17.1 Å². The lowest BCUT2D eigenvalue weighted by Crippen LogP contribution is -2.11. The highest BCUT2D eigenvalue weighted by Gasteiger charge is 2.32. The van der Waals surface area contributed by atoms with Crippen LogP contribution in [0.5, 0.6) is 0 Å². The van der Waals surface area contributed by atoms with Gasteiger partial charge in [-0.1, -0.05) is 0 Å². The van der Waals surface area contributed by atoms with Crippen molar-refractivity contribution in [3.63, 3.8) is 0 Å². The molecule has 0 saturated carbocycles. The SMILES string of the molecule is CC[P+](CC)(CC)CC(=O)Br. The summed E-state index contributed by atoms with van der Waals surface area (Å²) in [5.74, 6) is 0. The Bertz CT molecular complexity index is 124. The van der Waals surface area contributed by atoms with Crippen LogP contribution in [0.1, 0.15) is 20.8 Å². The maximum atomic E-state index is 10.9. The lowest BCUT2D eigenvalue weighted by Gasteiger charge is -2.21. The summed E-state index contributed by atoms with van der Waals surface area (Å²) in [6.45, 7) is 6.62. The Labute approximate surface area is 78.4 Å². The van der Waals surface area contributed by atoms with Crippen molar-refractivity contribution in [3.8, 4) is 0 Å². The van der Waals surface area contributed by atoms with E-state index in [2.05, 4.69) is 36.7 Å². The minimum absolute atomic E-state index is 0.191. The summed E-state index contributed by atoms with van der Waals surface area (Å²) in [5.41, 5.74) is 0. The largest absolute Gasteiger partial charge is 0.283 e. The molecular formula is C8H17BrOP+. The summed E-state index contributed by atoms with van der Waals surface area (Å²) in [4.78, 5) is 10.9. The minimum Gasteiger partial charge on any atom is -0.283 e. The van der Waals surface area contributed by atoms with Gasteiger partial charge in [-0.2, -0.15) is 0 Å². The molecule has 0 saturated heterocycles. The molecule has 66 valence electrons. The zero-order chi connectivity index (χ0) is 8.91. The van der Waals surface area contributed by atoms with Gasteiger partial charge in [-0.05, 0) is 36.7 Å². The van der Waals surface area contributed by atoms with Gasteiger partial charge in [0, 0.05) is 7.26 Å². The number of halogens is 1. The molecule has 0 aromatic rings. The summed E-state index contributed by atoms with van der Waals surface area (Å²) < 4.78 is 0.191. The van der Waals surface area contributed by atoms with Gasteiger partial charge in [0.2, 0.25) is 4.69 Å². The molecule has 3 heteroatoms. The van der Waals surface area contributed by atoms with E-state index < -0.39 is 7.26 Å². The maximum Gasteiger partial charge on any atom is 0.234 e. The van der Waals surface area contributed by atoms with E-state index in [1.807, 2.05) is 0 Å². The Hall–Kier alpha value is 0.580. The van der Waals surface area contributed by atoms with Crippen LogP contribution in [0.3, 0.4) is 0 Å². The van der Waals surface area contributed by atoms with Gasteiger partial charge in [0.15, 0.2) is 0 Å². The number of carbonyl (C=O) groups excluding carboxylic acids is 1. The highest BCUT2D eigenvalue weighted by molar-refractivity contribution is 9.18. The van der Waals surface area contributed by atoms with E-state index in [9.17, 15) is 4.79 Å². The number of hydrogen-bond acceptors (Lipinski definition) is 1. The van der Waals surface area contributed by atoms with E-state index in [1.165, 1.54) is 18.5 Å². The van der Waals surface area contributed by atoms with Crippen LogP contribution >= 0.6 is 23.2 Å². The molecule has 0 atom stereocenters. The van der Waals surface area contributed by atoms with Gasteiger partial charge < -0.3 is 0 Å². The van der Waals surface area contributed by atoms with Gasteiger partial charge in [-0.3, -0.25) is 4.79 Å². The van der Waals surface area contributed by atoms with Crippen molar-refractivity contribution in [3.05, 3.63) is 0 Å². The predicted octanol–water partition coefficient (Wildman–Crippen LogP) is 2.99. The molecule has 0 aliphatic rings. The van der Waals surface area contributed by atoms with Crippen LogP contribution in [-0.4, -0.2) is 29.3 Å². The third-order valence-corrected chi connectivity index (χ3v) is 8.17. The van der Waals surface area contributed by atoms with E-state index in [4.69, 9.17) is 0 Å². The zero-order valence-electron chi connectivity index (χ0n) is 7.56. The Morgan fingerprint density at radius 3 is 1.64 bits per heavy atom. The van der Waals surface area contributed by atoms with E-state index >= 15 is 0 Å². The van der Waals surface area contributed by atoms with E-state index in [0.717, 1.165) is 6.16 Å². The van der Waals surface area contributed by atoms with Crippen molar-refractivity contribution in [1.29, 1.82) is 0 Å². The first-order valence-electron chi connectivity index (χ1n) is 4.13. The van der Waals surface area contributed by atoms with Crippen molar-refractivity contribution in [2.45, 2.75) is 20.8 Å².